The highest BCUT2D eigenvalue weighted by Gasteiger charge is 2.34. The maximum atomic E-state index is 11.0. The third-order valence-electron chi connectivity index (χ3n) is 5.53. The van der Waals surface area contributed by atoms with Crippen molar-refractivity contribution < 1.29 is 5.11 Å². The van der Waals surface area contributed by atoms with Gasteiger partial charge in [-0.2, -0.15) is 5.10 Å². The molecule has 0 aliphatic heterocycles. The Morgan fingerprint density at radius 1 is 1.19 bits per heavy atom. The van der Waals surface area contributed by atoms with Crippen LogP contribution < -0.4 is 5.32 Å². The molecule has 5 heteroatoms. The fourth-order valence-corrected chi connectivity index (χ4v) is 4.12. The minimum Gasteiger partial charge on any atom is -0.385 e. The van der Waals surface area contributed by atoms with Crippen LogP contribution in [-0.2, 0) is 12.0 Å². The molecule has 0 amide bonds. The first-order valence-electron chi connectivity index (χ1n) is 9.26. The highest BCUT2D eigenvalue weighted by molar-refractivity contribution is 6.30. The van der Waals surface area contributed by atoms with E-state index in [4.69, 9.17) is 11.6 Å². The SMILES string of the molecule is OC1(c2cccc(Cl)c2)CCC(NCCc2ccc3cn[nH]c3c2)CC1. The number of aliphatic hydroxyl groups is 1. The minimum atomic E-state index is -0.741. The van der Waals surface area contributed by atoms with Gasteiger partial charge in [-0.05, 0) is 68.0 Å². The topological polar surface area (TPSA) is 60.9 Å². The Morgan fingerprint density at radius 2 is 2.04 bits per heavy atom. The van der Waals surface area contributed by atoms with Gasteiger partial charge in [0.2, 0.25) is 0 Å². The van der Waals surface area contributed by atoms with Crippen LogP contribution in [0.2, 0.25) is 5.02 Å². The lowest BCUT2D eigenvalue weighted by Crippen LogP contribution is -2.40. The number of hydrogen-bond acceptors (Lipinski definition) is 3. The molecule has 2 aromatic carbocycles. The van der Waals surface area contributed by atoms with Crippen LogP contribution in [0.25, 0.3) is 10.9 Å². The lowest BCUT2D eigenvalue weighted by atomic mass is 9.78. The number of hydrogen-bond donors (Lipinski definition) is 3. The number of halogens is 1. The normalized spacial score (nSPS) is 23.4. The van der Waals surface area contributed by atoms with Crippen LogP contribution in [0.3, 0.4) is 0 Å². The Morgan fingerprint density at radius 3 is 2.85 bits per heavy atom. The van der Waals surface area contributed by atoms with E-state index in [2.05, 4.69) is 33.7 Å². The molecule has 1 heterocycles. The molecule has 26 heavy (non-hydrogen) atoms. The van der Waals surface area contributed by atoms with E-state index in [1.54, 1.807) is 0 Å². The number of H-pyrrole nitrogens is 1. The summed E-state index contributed by atoms with van der Waals surface area (Å²) in [6.45, 7) is 0.944. The van der Waals surface area contributed by atoms with Gasteiger partial charge >= 0.3 is 0 Å². The highest BCUT2D eigenvalue weighted by atomic mass is 35.5. The van der Waals surface area contributed by atoms with E-state index in [-0.39, 0.29) is 0 Å². The van der Waals surface area contributed by atoms with Crippen molar-refractivity contribution in [3.63, 3.8) is 0 Å². The number of nitrogens with zero attached hydrogens (tertiary/aromatic N) is 1. The first-order valence-corrected chi connectivity index (χ1v) is 9.64. The van der Waals surface area contributed by atoms with E-state index in [1.807, 2.05) is 30.5 Å². The summed E-state index contributed by atoms with van der Waals surface area (Å²) >= 11 is 6.08. The van der Waals surface area contributed by atoms with E-state index >= 15 is 0 Å². The molecule has 4 rings (SSSR count). The molecule has 136 valence electrons. The molecular formula is C21H24ClN3O. The van der Waals surface area contributed by atoms with E-state index in [0.29, 0.717) is 11.1 Å². The molecule has 3 N–H and O–H groups in total. The van der Waals surface area contributed by atoms with E-state index in [0.717, 1.165) is 55.1 Å². The van der Waals surface area contributed by atoms with Gasteiger partial charge < -0.3 is 10.4 Å². The molecule has 0 bridgehead atoms. The monoisotopic (exact) mass is 369 g/mol. The van der Waals surface area contributed by atoms with Crippen molar-refractivity contribution in [2.24, 2.45) is 0 Å². The molecule has 1 aliphatic rings. The molecular weight excluding hydrogens is 346 g/mol. The summed E-state index contributed by atoms with van der Waals surface area (Å²) in [5.41, 5.74) is 2.60. The van der Waals surface area contributed by atoms with E-state index in [9.17, 15) is 5.11 Å². The fourth-order valence-electron chi connectivity index (χ4n) is 3.93. The predicted octanol–water partition coefficient (Wildman–Crippen LogP) is 4.18. The van der Waals surface area contributed by atoms with Crippen molar-refractivity contribution in [2.75, 3.05) is 6.54 Å². The number of nitrogens with one attached hydrogen (secondary N) is 2. The van der Waals surface area contributed by atoms with Crippen LogP contribution in [0.4, 0.5) is 0 Å². The average Bonchev–Trinajstić information content (AvgIpc) is 3.11. The second-order valence-electron chi connectivity index (χ2n) is 7.31. The van der Waals surface area contributed by atoms with Gasteiger partial charge in [0.15, 0.2) is 0 Å². The van der Waals surface area contributed by atoms with Gasteiger partial charge in [0, 0.05) is 16.5 Å². The maximum absolute atomic E-state index is 11.0. The molecule has 1 aliphatic carbocycles. The van der Waals surface area contributed by atoms with Crippen LogP contribution >= 0.6 is 11.6 Å². The van der Waals surface area contributed by atoms with Gasteiger partial charge in [-0.1, -0.05) is 35.9 Å². The van der Waals surface area contributed by atoms with Gasteiger partial charge in [-0.3, -0.25) is 5.10 Å². The number of benzene rings is 2. The Kier molecular flexibility index (Phi) is 4.98. The Hall–Kier alpha value is -1.88. The number of aromatic amines is 1. The van der Waals surface area contributed by atoms with Crippen molar-refractivity contribution in [3.05, 3.63) is 64.8 Å². The van der Waals surface area contributed by atoms with Crippen molar-refractivity contribution in [1.82, 2.24) is 15.5 Å². The zero-order valence-electron chi connectivity index (χ0n) is 14.7. The van der Waals surface area contributed by atoms with Crippen LogP contribution in [0.1, 0.15) is 36.8 Å². The third-order valence-corrected chi connectivity index (χ3v) is 5.76. The fraction of sp³-hybridized carbons (Fsp3) is 0.381. The lowest BCUT2D eigenvalue weighted by molar-refractivity contribution is -0.00824. The molecule has 0 unspecified atom stereocenters. The Bertz CT molecular complexity index is 884. The van der Waals surface area contributed by atoms with E-state index < -0.39 is 5.60 Å². The van der Waals surface area contributed by atoms with Crippen LogP contribution in [0.15, 0.2) is 48.7 Å². The Labute approximate surface area is 158 Å². The van der Waals surface area contributed by atoms with Gasteiger partial charge in [0.05, 0.1) is 17.3 Å². The van der Waals surface area contributed by atoms with Crippen LogP contribution in [-0.4, -0.2) is 27.9 Å². The molecule has 1 aromatic heterocycles. The molecule has 1 saturated carbocycles. The minimum absolute atomic E-state index is 0.463. The molecule has 3 aromatic rings. The highest BCUT2D eigenvalue weighted by Crippen LogP contribution is 2.37. The van der Waals surface area contributed by atoms with Gasteiger partial charge in [0.1, 0.15) is 0 Å². The zero-order chi connectivity index (χ0) is 18.0. The van der Waals surface area contributed by atoms with Gasteiger partial charge in [0.25, 0.3) is 0 Å². The van der Waals surface area contributed by atoms with Crippen LogP contribution in [0.5, 0.6) is 0 Å². The molecule has 0 spiro atoms. The average molecular weight is 370 g/mol. The first-order chi connectivity index (χ1) is 12.6. The quantitative estimate of drug-likeness (QED) is 0.632. The first kappa shape index (κ1) is 17.5. The molecule has 0 atom stereocenters. The number of rotatable bonds is 5. The summed E-state index contributed by atoms with van der Waals surface area (Å²) in [5.74, 6) is 0. The van der Waals surface area contributed by atoms with Crippen LogP contribution in [0, 0.1) is 0 Å². The third kappa shape index (κ3) is 3.78. The second-order valence-corrected chi connectivity index (χ2v) is 7.75. The molecule has 4 nitrogen and oxygen atoms in total. The zero-order valence-corrected chi connectivity index (χ0v) is 15.5. The standard InChI is InChI=1S/C21H24ClN3O/c22-18-3-1-2-17(13-18)21(26)9-6-19(7-10-21)23-11-8-15-4-5-16-14-24-25-20(16)12-15/h1-5,12-14,19,23,26H,6-11H2,(H,24,25). The molecule has 0 radical (unpaired) electrons. The van der Waals surface area contributed by atoms with Crippen molar-refractivity contribution in [3.8, 4) is 0 Å². The summed E-state index contributed by atoms with van der Waals surface area (Å²) in [6.07, 6.45) is 6.33. The smallest absolute Gasteiger partial charge is 0.0898 e. The lowest BCUT2D eigenvalue weighted by Gasteiger charge is -2.37. The summed E-state index contributed by atoms with van der Waals surface area (Å²) < 4.78 is 0. The number of aromatic nitrogens is 2. The summed E-state index contributed by atoms with van der Waals surface area (Å²) in [5, 5.41) is 23.5. The van der Waals surface area contributed by atoms with Crippen molar-refractivity contribution >= 4 is 22.5 Å². The number of fused-ring (bicyclic) bond motifs is 1. The van der Waals surface area contributed by atoms with Gasteiger partial charge in [-0.25, -0.2) is 0 Å². The summed E-state index contributed by atoms with van der Waals surface area (Å²) in [6, 6.07) is 14.5. The molecule has 0 saturated heterocycles. The maximum Gasteiger partial charge on any atom is 0.0898 e. The predicted molar refractivity (Wildman–Crippen MR) is 105 cm³/mol. The van der Waals surface area contributed by atoms with Crippen molar-refractivity contribution in [1.29, 1.82) is 0 Å². The van der Waals surface area contributed by atoms with E-state index in [1.165, 1.54) is 5.56 Å². The van der Waals surface area contributed by atoms with Gasteiger partial charge in [-0.15, -0.1) is 0 Å². The van der Waals surface area contributed by atoms with Crippen molar-refractivity contribution in [2.45, 2.75) is 43.7 Å². The molecule has 1 fully saturated rings. The second kappa shape index (κ2) is 7.39. The summed E-state index contributed by atoms with van der Waals surface area (Å²) in [4.78, 5) is 0. The summed E-state index contributed by atoms with van der Waals surface area (Å²) in [7, 11) is 0. The largest absolute Gasteiger partial charge is 0.385 e. The Balaban J connectivity index is 1.28.